The Morgan fingerprint density at radius 1 is 1.46 bits per heavy atom. The molecule has 0 bridgehead atoms. The molecule has 3 N–H and O–H groups in total. The lowest BCUT2D eigenvalue weighted by Gasteiger charge is -2.13. The lowest BCUT2D eigenvalue weighted by Crippen LogP contribution is -2.36. The van der Waals surface area contributed by atoms with Gasteiger partial charge < -0.3 is 15.5 Å². The van der Waals surface area contributed by atoms with Crippen molar-refractivity contribution >= 4 is 5.91 Å². The summed E-state index contributed by atoms with van der Waals surface area (Å²) in [7, 11) is 0. The number of carbonyl (C=O) groups excluding carboxylic acids is 1. The van der Waals surface area contributed by atoms with Gasteiger partial charge in [0.1, 0.15) is 0 Å². The number of carbonyl (C=O) groups is 1. The standard InChI is InChI=1S/C6H10F3NO3/c7-6(8,9)4(12)3-5(13)10-1-2-11/h4,11-12H,1-3H2,(H,10,13). The zero-order valence-corrected chi connectivity index (χ0v) is 6.64. The molecule has 1 unspecified atom stereocenters. The second-order valence-corrected chi connectivity index (χ2v) is 2.34. The van der Waals surface area contributed by atoms with Crippen LogP contribution in [0, 0.1) is 0 Å². The van der Waals surface area contributed by atoms with Crippen LogP contribution < -0.4 is 5.32 Å². The number of aliphatic hydroxyl groups is 2. The second-order valence-electron chi connectivity index (χ2n) is 2.34. The Labute approximate surface area is 72.4 Å². The molecule has 0 aromatic rings. The molecule has 7 heteroatoms. The normalized spacial score (nSPS) is 13.9. The van der Waals surface area contributed by atoms with Gasteiger partial charge in [0, 0.05) is 6.54 Å². The Morgan fingerprint density at radius 2 is 2.00 bits per heavy atom. The molecule has 1 atom stereocenters. The highest BCUT2D eigenvalue weighted by molar-refractivity contribution is 5.76. The summed E-state index contributed by atoms with van der Waals surface area (Å²) in [5, 5.41) is 18.6. The van der Waals surface area contributed by atoms with Gasteiger partial charge in [0.15, 0.2) is 6.10 Å². The number of amides is 1. The van der Waals surface area contributed by atoms with Crippen molar-refractivity contribution in [2.24, 2.45) is 0 Å². The number of hydrogen-bond acceptors (Lipinski definition) is 3. The molecule has 0 fully saturated rings. The van der Waals surface area contributed by atoms with Crippen LogP contribution in [0.15, 0.2) is 0 Å². The van der Waals surface area contributed by atoms with Crippen LogP contribution in [0.1, 0.15) is 6.42 Å². The Morgan fingerprint density at radius 3 is 2.38 bits per heavy atom. The number of aliphatic hydroxyl groups excluding tert-OH is 2. The zero-order valence-electron chi connectivity index (χ0n) is 6.64. The van der Waals surface area contributed by atoms with Crippen LogP contribution in [-0.4, -0.2) is 41.6 Å². The predicted molar refractivity (Wildman–Crippen MR) is 36.8 cm³/mol. The fourth-order valence-electron chi connectivity index (χ4n) is 0.559. The number of hydrogen-bond donors (Lipinski definition) is 3. The van der Waals surface area contributed by atoms with Gasteiger partial charge in [-0.05, 0) is 0 Å². The topological polar surface area (TPSA) is 69.6 Å². The van der Waals surface area contributed by atoms with E-state index in [9.17, 15) is 18.0 Å². The molecule has 0 saturated carbocycles. The highest BCUT2D eigenvalue weighted by Crippen LogP contribution is 2.21. The largest absolute Gasteiger partial charge is 0.414 e. The maximum absolute atomic E-state index is 11.7. The number of alkyl halides is 3. The van der Waals surface area contributed by atoms with Gasteiger partial charge in [-0.25, -0.2) is 0 Å². The monoisotopic (exact) mass is 201 g/mol. The summed E-state index contributed by atoms with van der Waals surface area (Å²) in [4.78, 5) is 10.6. The number of nitrogens with one attached hydrogen (secondary N) is 1. The van der Waals surface area contributed by atoms with Gasteiger partial charge in [-0.15, -0.1) is 0 Å². The van der Waals surface area contributed by atoms with Crippen LogP contribution in [0.25, 0.3) is 0 Å². The fourth-order valence-corrected chi connectivity index (χ4v) is 0.559. The minimum absolute atomic E-state index is 0.122. The van der Waals surface area contributed by atoms with Crippen LogP contribution in [0.3, 0.4) is 0 Å². The average Bonchev–Trinajstić information content (AvgIpc) is 1.99. The quantitative estimate of drug-likeness (QED) is 0.569. The summed E-state index contributed by atoms with van der Waals surface area (Å²) < 4.78 is 35.0. The van der Waals surface area contributed by atoms with E-state index in [0.29, 0.717) is 0 Å². The van der Waals surface area contributed by atoms with Gasteiger partial charge in [0.25, 0.3) is 0 Å². The Hall–Kier alpha value is -0.820. The van der Waals surface area contributed by atoms with Gasteiger partial charge in [-0.1, -0.05) is 0 Å². The molecule has 0 radical (unpaired) electrons. The van der Waals surface area contributed by atoms with Crippen molar-refractivity contribution in [1.82, 2.24) is 5.32 Å². The lowest BCUT2D eigenvalue weighted by molar-refractivity contribution is -0.205. The zero-order chi connectivity index (χ0) is 10.5. The molecule has 0 rings (SSSR count). The summed E-state index contributed by atoms with van der Waals surface area (Å²) in [5.74, 6) is -0.945. The highest BCUT2D eigenvalue weighted by Gasteiger charge is 2.39. The van der Waals surface area contributed by atoms with Crippen LogP contribution in [0.4, 0.5) is 13.2 Å². The number of halogens is 3. The van der Waals surface area contributed by atoms with E-state index in [1.165, 1.54) is 0 Å². The van der Waals surface area contributed by atoms with E-state index in [2.05, 4.69) is 0 Å². The van der Waals surface area contributed by atoms with Crippen LogP contribution in [-0.2, 0) is 4.79 Å². The Bertz CT molecular complexity index is 171. The molecule has 0 aromatic carbocycles. The summed E-state index contributed by atoms with van der Waals surface area (Å²) in [6.45, 7) is -0.475. The minimum Gasteiger partial charge on any atom is -0.395 e. The molecule has 13 heavy (non-hydrogen) atoms. The van der Waals surface area contributed by atoms with E-state index in [0.717, 1.165) is 0 Å². The summed E-state index contributed by atoms with van der Waals surface area (Å²) >= 11 is 0. The van der Waals surface area contributed by atoms with Crippen LogP contribution >= 0.6 is 0 Å². The molecule has 0 heterocycles. The van der Waals surface area contributed by atoms with Crippen molar-refractivity contribution < 1.29 is 28.2 Å². The third kappa shape index (κ3) is 5.42. The Balaban J connectivity index is 3.79. The van der Waals surface area contributed by atoms with Gasteiger partial charge in [-0.3, -0.25) is 4.79 Å². The molecule has 1 amide bonds. The highest BCUT2D eigenvalue weighted by atomic mass is 19.4. The van der Waals surface area contributed by atoms with E-state index in [-0.39, 0.29) is 13.2 Å². The third-order valence-electron chi connectivity index (χ3n) is 1.19. The van der Waals surface area contributed by atoms with Crippen molar-refractivity contribution in [2.45, 2.75) is 18.7 Å². The van der Waals surface area contributed by atoms with E-state index >= 15 is 0 Å². The third-order valence-corrected chi connectivity index (χ3v) is 1.19. The molecular weight excluding hydrogens is 191 g/mol. The maximum Gasteiger partial charge on any atom is 0.414 e. The summed E-state index contributed by atoms with van der Waals surface area (Å²) in [5.41, 5.74) is 0. The Kier molecular flexibility index (Phi) is 4.71. The van der Waals surface area contributed by atoms with Crippen LogP contribution in [0.2, 0.25) is 0 Å². The van der Waals surface area contributed by atoms with Crippen molar-refractivity contribution in [3.63, 3.8) is 0 Å². The maximum atomic E-state index is 11.7. The molecule has 0 spiro atoms. The molecule has 0 saturated heterocycles. The van der Waals surface area contributed by atoms with Gasteiger partial charge in [-0.2, -0.15) is 13.2 Å². The first-order chi connectivity index (χ1) is 5.88. The van der Waals surface area contributed by atoms with E-state index in [4.69, 9.17) is 10.2 Å². The smallest absolute Gasteiger partial charge is 0.395 e. The molecule has 0 aromatic heterocycles. The average molecular weight is 201 g/mol. The fraction of sp³-hybridized carbons (Fsp3) is 0.833. The SMILES string of the molecule is O=C(CC(O)C(F)(F)F)NCCO. The van der Waals surface area contributed by atoms with Crippen LogP contribution in [0.5, 0.6) is 0 Å². The van der Waals surface area contributed by atoms with Crippen molar-refractivity contribution in [3.8, 4) is 0 Å². The van der Waals surface area contributed by atoms with Crippen molar-refractivity contribution in [2.75, 3.05) is 13.2 Å². The van der Waals surface area contributed by atoms with E-state index < -0.39 is 24.6 Å². The first-order valence-electron chi connectivity index (χ1n) is 3.50. The molecule has 0 aliphatic carbocycles. The minimum atomic E-state index is -4.78. The van der Waals surface area contributed by atoms with Gasteiger partial charge in [0.05, 0.1) is 13.0 Å². The molecular formula is C6H10F3NO3. The first kappa shape index (κ1) is 12.2. The van der Waals surface area contributed by atoms with Gasteiger partial charge >= 0.3 is 6.18 Å². The lowest BCUT2D eigenvalue weighted by atomic mass is 10.2. The summed E-state index contributed by atoms with van der Waals surface area (Å²) in [6.07, 6.45) is -8.47. The number of rotatable bonds is 4. The van der Waals surface area contributed by atoms with Crippen molar-refractivity contribution in [1.29, 1.82) is 0 Å². The van der Waals surface area contributed by atoms with Crippen molar-refractivity contribution in [3.05, 3.63) is 0 Å². The van der Waals surface area contributed by atoms with Gasteiger partial charge in [0.2, 0.25) is 5.91 Å². The second kappa shape index (κ2) is 5.03. The van der Waals surface area contributed by atoms with E-state index in [1.807, 2.05) is 5.32 Å². The molecule has 4 nitrogen and oxygen atoms in total. The molecule has 0 aliphatic rings. The molecule has 0 aliphatic heterocycles. The molecule has 78 valence electrons. The summed E-state index contributed by atoms with van der Waals surface area (Å²) in [6, 6.07) is 0. The predicted octanol–water partition coefficient (Wildman–Crippen LogP) is -0.592. The first-order valence-corrected chi connectivity index (χ1v) is 3.50. The van der Waals surface area contributed by atoms with E-state index in [1.54, 1.807) is 0 Å².